The largest absolute Gasteiger partial charge is 0.384 e. The molecule has 0 spiro atoms. The van der Waals surface area contributed by atoms with Gasteiger partial charge in [-0.15, -0.1) is 0 Å². The van der Waals surface area contributed by atoms with Gasteiger partial charge < -0.3 is 14.8 Å². The van der Waals surface area contributed by atoms with Crippen LogP contribution >= 0.6 is 0 Å². The normalized spacial score (nSPS) is 13.3. The Morgan fingerprint density at radius 1 is 1.21 bits per heavy atom. The third kappa shape index (κ3) is 1.71. The van der Waals surface area contributed by atoms with E-state index in [-0.39, 0.29) is 0 Å². The van der Waals surface area contributed by atoms with E-state index in [2.05, 4.69) is 32.6 Å². The Kier molecular flexibility index (Phi) is 2.17. The van der Waals surface area contributed by atoms with Crippen LogP contribution in [0.4, 0.5) is 5.69 Å². The molecular weight excluding hydrogens is 240 g/mol. The third-order valence-electron chi connectivity index (χ3n) is 3.33. The van der Waals surface area contributed by atoms with E-state index in [1.807, 2.05) is 24.4 Å². The number of benzene rings is 1. The van der Waals surface area contributed by atoms with Crippen molar-refractivity contribution in [3.05, 3.63) is 42.1 Å². The molecule has 3 aromatic rings. The predicted molar refractivity (Wildman–Crippen MR) is 71.7 cm³/mol. The maximum atomic E-state index is 5.33. The minimum atomic E-state index is 0.555. The van der Waals surface area contributed by atoms with Crippen LogP contribution in [0.15, 0.2) is 41.1 Å². The highest BCUT2D eigenvalue weighted by Gasteiger charge is 2.15. The van der Waals surface area contributed by atoms with E-state index in [0.29, 0.717) is 11.7 Å². The number of H-pyrrole nitrogens is 1. The monoisotopic (exact) mass is 252 g/mol. The Hall–Kier alpha value is -2.56. The highest BCUT2D eigenvalue weighted by atomic mass is 16.5. The SMILES string of the molecule is c1c[nH]c(-c2noc(-c3ccc4c(c3)CCN4)n2)c1. The van der Waals surface area contributed by atoms with E-state index in [4.69, 9.17) is 4.52 Å². The minimum Gasteiger partial charge on any atom is -0.384 e. The maximum Gasteiger partial charge on any atom is 0.258 e. The van der Waals surface area contributed by atoms with Crippen molar-refractivity contribution in [3.8, 4) is 23.0 Å². The predicted octanol–water partition coefficient (Wildman–Crippen LogP) is 2.70. The van der Waals surface area contributed by atoms with Crippen LogP contribution in [0.25, 0.3) is 23.0 Å². The lowest BCUT2D eigenvalue weighted by Crippen LogP contribution is -1.90. The number of nitrogens with zero attached hydrogens (tertiary/aromatic N) is 2. The molecule has 3 heterocycles. The third-order valence-corrected chi connectivity index (χ3v) is 3.33. The van der Waals surface area contributed by atoms with Gasteiger partial charge in [-0.2, -0.15) is 4.98 Å². The second kappa shape index (κ2) is 3.98. The van der Waals surface area contributed by atoms with Crippen LogP contribution in [0, 0.1) is 0 Å². The van der Waals surface area contributed by atoms with Crippen molar-refractivity contribution in [3.63, 3.8) is 0 Å². The molecule has 0 amide bonds. The van der Waals surface area contributed by atoms with E-state index in [0.717, 1.165) is 24.2 Å². The summed E-state index contributed by atoms with van der Waals surface area (Å²) in [7, 11) is 0. The minimum absolute atomic E-state index is 0.555. The molecule has 2 aromatic heterocycles. The highest BCUT2D eigenvalue weighted by Crippen LogP contribution is 2.28. The van der Waals surface area contributed by atoms with Gasteiger partial charge >= 0.3 is 0 Å². The van der Waals surface area contributed by atoms with E-state index < -0.39 is 0 Å². The number of anilines is 1. The lowest BCUT2D eigenvalue weighted by atomic mass is 10.1. The standard InChI is InChI=1S/C14H12N4O/c1-2-12(15-6-1)13-17-14(19-18-13)10-3-4-11-9(8-10)5-7-16-11/h1-4,6,8,15-16H,5,7H2. The number of hydrogen-bond acceptors (Lipinski definition) is 4. The fraction of sp³-hybridized carbons (Fsp3) is 0.143. The molecule has 1 aliphatic heterocycles. The first-order valence-electron chi connectivity index (χ1n) is 6.25. The lowest BCUT2D eigenvalue weighted by molar-refractivity contribution is 0.432. The van der Waals surface area contributed by atoms with Crippen molar-refractivity contribution < 1.29 is 4.52 Å². The number of rotatable bonds is 2. The fourth-order valence-corrected chi connectivity index (χ4v) is 2.36. The molecule has 1 aromatic carbocycles. The topological polar surface area (TPSA) is 66.7 Å². The van der Waals surface area contributed by atoms with Crippen molar-refractivity contribution in [2.45, 2.75) is 6.42 Å². The quantitative estimate of drug-likeness (QED) is 0.736. The molecule has 19 heavy (non-hydrogen) atoms. The van der Waals surface area contributed by atoms with Crippen LogP contribution in [-0.4, -0.2) is 21.7 Å². The molecule has 2 N–H and O–H groups in total. The Bertz CT molecular complexity index is 715. The molecule has 0 saturated heterocycles. The van der Waals surface area contributed by atoms with Crippen molar-refractivity contribution in [1.29, 1.82) is 0 Å². The molecule has 0 fully saturated rings. The smallest absolute Gasteiger partial charge is 0.258 e. The summed E-state index contributed by atoms with van der Waals surface area (Å²) < 4.78 is 5.33. The van der Waals surface area contributed by atoms with Crippen LogP contribution in [0.1, 0.15) is 5.56 Å². The number of hydrogen-bond donors (Lipinski definition) is 2. The van der Waals surface area contributed by atoms with E-state index in [1.165, 1.54) is 11.3 Å². The van der Waals surface area contributed by atoms with Crippen molar-refractivity contribution >= 4 is 5.69 Å². The first-order valence-corrected chi connectivity index (χ1v) is 6.25. The first-order chi connectivity index (χ1) is 9.40. The Morgan fingerprint density at radius 3 is 3.11 bits per heavy atom. The van der Waals surface area contributed by atoms with E-state index in [1.54, 1.807) is 0 Å². The summed E-state index contributed by atoms with van der Waals surface area (Å²) in [6, 6.07) is 10.0. The Balaban J connectivity index is 1.73. The Labute approximate surface area is 109 Å². The second-order valence-corrected chi connectivity index (χ2v) is 4.56. The molecule has 0 radical (unpaired) electrons. The van der Waals surface area contributed by atoms with Gasteiger partial charge in [0.05, 0.1) is 5.69 Å². The van der Waals surface area contributed by atoms with E-state index >= 15 is 0 Å². The zero-order chi connectivity index (χ0) is 12.7. The summed E-state index contributed by atoms with van der Waals surface area (Å²) in [4.78, 5) is 7.48. The molecular formula is C14H12N4O. The van der Waals surface area contributed by atoms with Gasteiger partial charge in [0, 0.05) is 24.0 Å². The molecule has 5 heteroatoms. The van der Waals surface area contributed by atoms with Gasteiger partial charge in [0.25, 0.3) is 5.89 Å². The zero-order valence-electron chi connectivity index (χ0n) is 10.2. The summed E-state index contributed by atoms with van der Waals surface area (Å²) >= 11 is 0. The van der Waals surface area contributed by atoms with Gasteiger partial charge in [0.2, 0.25) is 5.82 Å². The van der Waals surface area contributed by atoms with Gasteiger partial charge in [-0.1, -0.05) is 5.16 Å². The van der Waals surface area contributed by atoms with Crippen molar-refractivity contribution in [2.24, 2.45) is 0 Å². The van der Waals surface area contributed by atoms with Gasteiger partial charge in [0.15, 0.2) is 0 Å². The summed E-state index contributed by atoms with van der Waals surface area (Å²) in [5.41, 5.74) is 4.33. The summed E-state index contributed by atoms with van der Waals surface area (Å²) in [6.45, 7) is 0.996. The number of fused-ring (bicyclic) bond motifs is 1. The number of aromatic nitrogens is 3. The molecule has 4 rings (SSSR count). The lowest BCUT2D eigenvalue weighted by Gasteiger charge is -2.00. The van der Waals surface area contributed by atoms with E-state index in [9.17, 15) is 0 Å². The summed E-state index contributed by atoms with van der Waals surface area (Å²) in [6.07, 6.45) is 2.88. The molecule has 1 aliphatic rings. The first kappa shape index (κ1) is 10.4. The molecule has 0 atom stereocenters. The Morgan fingerprint density at radius 2 is 2.21 bits per heavy atom. The summed E-state index contributed by atoms with van der Waals surface area (Å²) in [5.74, 6) is 1.14. The average Bonchev–Trinajstić information content (AvgIpc) is 3.18. The van der Waals surface area contributed by atoms with Crippen molar-refractivity contribution in [1.82, 2.24) is 15.1 Å². The molecule has 0 aliphatic carbocycles. The van der Waals surface area contributed by atoms with Gasteiger partial charge in [-0.25, -0.2) is 0 Å². The molecule has 0 unspecified atom stereocenters. The molecule has 0 saturated carbocycles. The van der Waals surface area contributed by atoms with Crippen LogP contribution in [0.3, 0.4) is 0 Å². The van der Waals surface area contributed by atoms with Crippen LogP contribution in [0.2, 0.25) is 0 Å². The van der Waals surface area contributed by atoms with Crippen LogP contribution < -0.4 is 5.32 Å². The average molecular weight is 252 g/mol. The fourth-order valence-electron chi connectivity index (χ4n) is 2.36. The van der Waals surface area contributed by atoms with Crippen LogP contribution in [-0.2, 0) is 6.42 Å². The van der Waals surface area contributed by atoms with Crippen molar-refractivity contribution in [2.75, 3.05) is 11.9 Å². The van der Waals surface area contributed by atoms with Gasteiger partial charge in [-0.05, 0) is 42.3 Å². The van der Waals surface area contributed by atoms with Crippen LogP contribution in [0.5, 0.6) is 0 Å². The summed E-state index contributed by atoms with van der Waals surface area (Å²) in [5, 5.41) is 7.33. The number of nitrogens with one attached hydrogen (secondary N) is 2. The highest BCUT2D eigenvalue weighted by molar-refractivity contribution is 5.66. The zero-order valence-corrected chi connectivity index (χ0v) is 10.2. The molecule has 0 bridgehead atoms. The maximum absolute atomic E-state index is 5.33. The van der Waals surface area contributed by atoms with Gasteiger partial charge in [0.1, 0.15) is 0 Å². The second-order valence-electron chi connectivity index (χ2n) is 4.56. The molecule has 94 valence electrons. The number of aromatic amines is 1. The van der Waals surface area contributed by atoms with Gasteiger partial charge in [-0.3, -0.25) is 0 Å². The molecule has 5 nitrogen and oxygen atoms in total.